The maximum absolute atomic E-state index is 11.4. The van der Waals surface area contributed by atoms with Crippen molar-refractivity contribution in [3.8, 4) is 0 Å². The number of carboxylic acid groups (broad SMARTS) is 1. The summed E-state index contributed by atoms with van der Waals surface area (Å²) in [5, 5.41) is 8.96. The van der Waals surface area contributed by atoms with Gasteiger partial charge in [-0.25, -0.2) is 0 Å². The number of hydrogen-bond donors (Lipinski definition) is 1. The molecule has 0 saturated carbocycles. The van der Waals surface area contributed by atoms with E-state index in [2.05, 4.69) is 0 Å². The molecule has 2 rings (SSSR count). The van der Waals surface area contributed by atoms with Crippen molar-refractivity contribution in [1.29, 1.82) is 0 Å². The highest BCUT2D eigenvalue weighted by molar-refractivity contribution is 5.75. The summed E-state index contributed by atoms with van der Waals surface area (Å²) in [4.78, 5) is 22.3. The minimum atomic E-state index is -0.843. The molecule has 0 aromatic carbocycles. The number of fused-ring (bicyclic) bond motifs is 1. The number of carboxylic acids is 1. The molecule has 2 heterocycles. The number of carbonyl (C=O) groups is 1. The molecule has 0 fully saturated rings. The Kier molecular flexibility index (Phi) is 2.11. The summed E-state index contributed by atoms with van der Waals surface area (Å²) in [6.45, 7) is 0.638. The van der Waals surface area contributed by atoms with Crippen molar-refractivity contribution < 1.29 is 9.90 Å². The van der Waals surface area contributed by atoms with Gasteiger partial charge in [0.2, 0.25) is 0 Å². The fraction of sp³-hybridized carbons (Fsp3) is 0.400. The van der Waals surface area contributed by atoms with Crippen LogP contribution in [0.2, 0.25) is 0 Å². The number of nitrogens with zero attached hydrogens (tertiary/aromatic N) is 1. The summed E-state index contributed by atoms with van der Waals surface area (Å²) in [6, 6.07) is 4.81. The Morgan fingerprint density at radius 1 is 1.50 bits per heavy atom. The van der Waals surface area contributed by atoms with Gasteiger partial charge in [0.15, 0.2) is 0 Å². The van der Waals surface area contributed by atoms with Crippen LogP contribution in [0.1, 0.15) is 24.5 Å². The van der Waals surface area contributed by atoms with Crippen LogP contribution < -0.4 is 5.56 Å². The Bertz CT molecular complexity index is 422. The molecular weight excluding hydrogens is 182 g/mol. The van der Waals surface area contributed by atoms with Crippen molar-refractivity contribution in [2.75, 3.05) is 0 Å². The zero-order chi connectivity index (χ0) is 10.1. The normalized spacial score (nSPS) is 20.1. The second-order valence-electron chi connectivity index (χ2n) is 3.47. The van der Waals surface area contributed by atoms with Crippen molar-refractivity contribution in [1.82, 2.24) is 4.57 Å². The van der Waals surface area contributed by atoms with E-state index in [1.54, 1.807) is 16.7 Å². The Labute approximate surface area is 80.8 Å². The van der Waals surface area contributed by atoms with Gasteiger partial charge in [0.1, 0.15) is 0 Å². The van der Waals surface area contributed by atoms with Crippen LogP contribution in [0.3, 0.4) is 0 Å². The van der Waals surface area contributed by atoms with Crippen molar-refractivity contribution in [3.05, 3.63) is 34.2 Å². The monoisotopic (exact) mass is 193 g/mol. The van der Waals surface area contributed by atoms with Crippen molar-refractivity contribution in [2.45, 2.75) is 25.3 Å². The smallest absolute Gasteiger partial charge is 0.312 e. The third-order valence-electron chi connectivity index (χ3n) is 2.61. The van der Waals surface area contributed by atoms with E-state index in [9.17, 15) is 9.59 Å². The van der Waals surface area contributed by atoms with Gasteiger partial charge >= 0.3 is 5.97 Å². The molecule has 4 nitrogen and oxygen atoms in total. The quantitative estimate of drug-likeness (QED) is 0.718. The molecule has 4 heteroatoms. The number of hydrogen-bond acceptors (Lipinski definition) is 2. The maximum atomic E-state index is 11.4. The Morgan fingerprint density at radius 2 is 2.29 bits per heavy atom. The van der Waals surface area contributed by atoms with E-state index >= 15 is 0 Å². The van der Waals surface area contributed by atoms with Gasteiger partial charge in [0, 0.05) is 18.3 Å². The lowest BCUT2D eigenvalue weighted by molar-refractivity contribution is -0.139. The highest BCUT2D eigenvalue weighted by atomic mass is 16.4. The van der Waals surface area contributed by atoms with Crippen LogP contribution in [0.5, 0.6) is 0 Å². The predicted molar refractivity (Wildman–Crippen MR) is 50.3 cm³/mol. The molecular formula is C10H11NO3. The highest BCUT2D eigenvalue weighted by Gasteiger charge is 2.26. The lowest BCUT2D eigenvalue weighted by atomic mass is 9.95. The number of aliphatic carboxylic acids is 1. The molecule has 0 spiro atoms. The van der Waals surface area contributed by atoms with Crippen LogP contribution in [0.15, 0.2) is 23.0 Å². The molecule has 14 heavy (non-hydrogen) atoms. The summed E-state index contributed by atoms with van der Waals surface area (Å²) in [7, 11) is 0. The minimum Gasteiger partial charge on any atom is -0.481 e. The van der Waals surface area contributed by atoms with Gasteiger partial charge in [0.25, 0.3) is 5.56 Å². The number of aromatic nitrogens is 1. The van der Waals surface area contributed by atoms with E-state index in [0.29, 0.717) is 18.7 Å². The SMILES string of the molecule is O=C(O)C1CCCn2c1cccc2=O. The zero-order valence-corrected chi connectivity index (χ0v) is 7.64. The molecule has 0 aliphatic carbocycles. The van der Waals surface area contributed by atoms with Gasteiger partial charge in [0.05, 0.1) is 5.92 Å². The Morgan fingerprint density at radius 3 is 3.00 bits per heavy atom. The molecule has 0 amide bonds. The summed E-state index contributed by atoms with van der Waals surface area (Å²) in [5.74, 6) is -1.36. The lowest BCUT2D eigenvalue weighted by Gasteiger charge is -2.23. The summed E-state index contributed by atoms with van der Waals surface area (Å²) in [6.07, 6.45) is 1.38. The first-order valence-electron chi connectivity index (χ1n) is 4.62. The standard InChI is InChI=1S/C10H11NO3/c12-9-5-1-4-8-7(10(13)14)3-2-6-11(8)9/h1,4-5,7H,2-3,6H2,(H,13,14). The molecule has 1 N–H and O–H groups in total. The summed E-state index contributed by atoms with van der Waals surface area (Å²) >= 11 is 0. The van der Waals surface area contributed by atoms with Crippen molar-refractivity contribution in [3.63, 3.8) is 0 Å². The summed E-state index contributed by atoms with van der Waals surface area (Å²) < 4.78 is 1.56. The van der Waals surface area contributed by atoms with Crippen LogP contribution in [0.25, 0.3) is 0 Å². The van der Waals surface area contributed by atoms with E-state index in [4.69, 9.17) is 5.11 Å². The molecule has 0 bridgehead atoms. The molecule has 74 valence electrons. The van der Waals surface area contributed by atoms with Crippen LogP contribution in [0, 0.1) is 0 Å². The second kappa shape index (κ2) is 3.29. The van der Waals surface area contributed by atoms with E-state index in [1.165, 1.54) is 6.07 Å². The van der Waals surface area contributed by atoms with Gasteiger partial charge in [-0.3, -0.25) is 9.59 Å². The molecule has 1 aromatic heterocycles. The average Bonchev–Trinajstić information content (AvgIpc) is 2.17. The van der Waals surface area contributed by atoms with Gasteiger partial charge in [-0.2, -0.15) is 0 Å². The maximum Gasteiger partial charge on any atom is 0.312 e. The van der Waals surface area contributed by atoms with E-state index in [0.717, 1.165) is 6.42 Å². The van der Waals surface area contributed by atoms with E-state index < -0.39 is 11.9 Å². The van der Waals surface area contributed by atoms with Crippen LogP contribution >= 0.6 is 0 Å². The van der Waals surface area contributed by atoms with Gasteiger partial charge in [-0.15, -0.1) is 0 Å². The molecule has 1 aliphatic heterocycles. The minimum absolute atomic E-state index is 0.103. The Balaban J connectivity index is 2.55. The first-order chi connectivity index (χ1) is 6.70. The zero-order valence-electron chi connectivity index (χ0n) is 7.64. The van der Waals surface area contributed by atoms with Gasteiger partial charge < -0.3 is 9.67 Å². The first-order valence-corrected chi connectivity index (χ1v) is 4.62. The molecule has 0 saturated heterocycles. The largest absolute Gasteiger partial charge is 0.481 e. The van der Waals surface area contributed by atoms with Crippen LogP contribution in [0.4, 0.5) is 0 Å². The predicted octanol–water partition coefficient (Wildman–Crippen LogP) is 0.810. The number of pyridine rings is 1. The topological polar surface area (TPSA) is 59.3 Å². The van der Waals surface area contributed by atoms with Crippen LogP contribution in [-0.2, 0) is 11.3 Å². The van der Waals surface area contributed by atoms with Crippen molar-refractivity contribution >= 4 is 5.97 Å². The highest BCUT2D eigenvalue weighted by Crippen LogP contribution is 2.25. The molecule has 1 atom stereocenters. The second-order valence-corrected chi connectivity index (χ2v) is 3.47. The third kappa shape index (κ3) is 1.32. The summed E-state index contributed by atoms with van der Waals surface area (Å²) in [5.41, 5.74) is 0.532. The number of rotatable bonds is 1. The van der Waals surface area contributed by atoms with Gasteiger partial charge in [-0.1, -0.05) is 6.07 Å². The molecule has 1 unspecified atom stereocenters. The Hall–Kier alpha value is -1.58. The molecule has 1 aromatic rings. The fourth-order valence-corrected chi connectivity index (χ4v) is 1.93. The third-order valence-corrected chi connectivity index (χ3v) is 2.61. The van der Waals surface area contributed by atoms with Crippen LogP contribution in [-0.4, -0.2) is 15.6 Å². The van der Waals surface area contributed by atoms with E-state index in [1.807, 2.05) is 0 Å². The lowest BCUT2D eigenvalue weighted by Crippen LogP contribution is -2.30. The molecule has 0 radical (unpaired) electrons. The average molecular weight is 193 g/mol. The van der Waals surface area contributed by atoms with E-state index in [-0.39, 0.29) is 5.56 Å². The molecule has 1 aliphatic rings. The van der Waals surface area contributed by atoms with Gasteiger partial charge in [-0.05, 0) is 18.9 Å². The van der Waals surface area contributed by atoms with Crippen molar-refractivity contribution in [2.24, 2.45) is 0 Å². The fourth-order valence-electron chi connectivity index (χ4n) is 1.93. The first kappa shape index (κ1) is 8.99.